The minimum atomic E-state index is -0.395. The second kappa shape index (κ2) is 5.29. The van der Waals surface area contributed by atoms with Gasteiger partial charge in [0.1, 0.15) is 0 Å². The number of rotatable bonds is 2. The molecule has 1 aromatic rings. The molecule has 19 heavy (non-hydrogen) atoms. The van der Waals surface area contributed by atoms with Crippen molar-refractivity contribution in [1.82, 2.24) is 4.98 Å². The maximum Gasteiger partial charge on any atom is 0.351 e. The Balaban J connectivity index is 1.84. The van der Waals surface area contributed by atoms with Gasteiger partial charge >= 0.3 is 5.97 Å². The van der Waals surface area contributed by atoms with Gasteiger partial charge in [0.2, 0.25) is 0 Å². The van der Waals surface area contributed by atoms with Crippen LogP contribution in [0.25, 0.3) is 0 Å². The van der Waals surface area contributed by atoms with Crippen LogP contribution < -0.4 is 4.90 Å². The van der Waals surface area contributed by atoms with E-state index in [1.807, 2.05) is 0 Å². The van der Waals surface area contributed by atoms with Crippen molar-refractivity contribution >= 4 is 34.0 Å². The number of carbonyl (C=O) groups excluding carboxylic acids is 1. The molecular formula is C13H17ClN2O2S. The van der Waals surface area contributed by atoms with Crippen LogP contribution in [0.2, 0.25) is 5.15 Å². The van der Waals surface area contributed by atoms with Crippen LogP contribution in [0.15, 0.2) is 0 Å². The van der Waals surface area contributed by atoms with E-state index in [1.54, 1.807) is 0 Å². The van der Waals surface area contributed by atoms with Gasteiger partial charge in [0.15, 0.2) is 15.2 Å². The van der Waals surface area contributed by atoms with Crippen molar-refractivity contribution in [3.05, 3.63) is 10.0 Å². The van der Waals surface area contributed by atoms with Crippen molar-refractivity contribution in [3.63, 3.8) is 0 Å². The van der Waals surface area contributed by atoms with E-state index in [2.05, 4.69) is 9.88 Å². The minimum absolute atomic E-state index is 0.270. The summed E-state index contributed by atoms with van der Waals surface area (Å²) in [5.41, 5.74) is 0. The Morgan fingerprint density at radius 2 is 2.21 bits per heavy atom. The predicted molar refractivity (Wildman–Crippen MR) is 76.2 cm³/mol. The van der Waals surface area contributed by atoms with Crippen molar-refractivity contribution in [3.8, 4) is 0 Å². The number of hydrogen-bond donors (Lipinski definition) is 0. The lowest BCUT2D eigenvalue weighted by Gasteiger charge is -2.31. The number of esters is 1. The molecule has 0 amide bonds. The van der Waals surface area contributed by atoms with Gasteiger partial charge in [0, 0.05) is 12.6 Å². The minimum Gasteiger partial charge on any atom is -0.465 e. The van der Waals surface area contributed by atoms with E-state index in [0.717, 1.165) is 17.6 Å². The molecule has 2 heterocycles. The van der Waals surface area contributed by atoms with E-state index in [0.29, 0.717) is 10.9 Å². The highest BCUT2D eigenvalue weighted by Crippen LogP contribution is 2.41. The van der Waals surface area contributed by atoms with E-state index in [4.69, 9.17) is 16.3 Å². The van der Waals surface area contributed by atoms with Crippen LogP contribution in [0.1, 0.15) is 41.8 Å². The van der Waals surface area contributed by atoms with Crippen LogP contribution in [0.3, 0.4) is 0 Å². The Morgan fingerprint density at radius 3 is 3.00 bits per heavy atom. The second-order valence-electron chi connectivity index (χ2n) is 5.20. The summed E-state index contributed by atoms with van der Waals surface area (Å²) in [7, 11) is 1.37. The molecule has 0 bridgehead atoms. The lowest BCUT2D eigenvalue weighted by atomic mass is 9.85. The average molecular weight is 301 g/mol. The van der Waals surface area contributed by atoms with Crippen LogP contribution in [-0.2, 0) is 4.74 Å². The highest BCUT2D eigenvalue weighted by molar-refractivity contribution is 7.18. The highest BCUT2D eigenvalue weighted by Gasteiger charge is 2.37. The van der Waals surface area contributed by atoms with Gasteiger partial charge in [-0.15, -0.1) is 0 Å². The van der Waals surface area contributed by atoms with Crippen LogP contribution in [0.4, 0.5) is 5.13 Å². The summed E-state index contributed by atoms with van der Waals surface area (Å²) >= 11 is 7.40. The molecule has 1 saturated heterocycles. The summed E-state index contributed by atoms with van der Waals surface area (Å²) in [6.07, 6.45) is 6.43. The zero-order valence-corrected chi connectivity index (χ0v) is 12.5. The number of hydrogen-bond acceptors (Lipinski definition) is 5. The first-order valence-corrected chi connectivity index (χ1v) is 7.91. The number of thiazole rings is 1. The fourth-order valence-corrected chi connectivity index (χ4v) is 4.56. The number of anilines is 1. The molecule has 0 radical (unpaired) electrons. The summed E-state index contributed by atoms with van der Waals surface area (Å²) < 4.78 is 4.73. The smallest absolute Gasteiger partial charge is 0.351 e. The third kappa shape index (κ3) is 2.34. The molecular weight excluding hydrogens is 284 g/mol. The van der Waals surface area contributed by atoms with Crippen molar-refractivity contribution < 1.29 is 9.53 Å². The van der Waals surface area contributed by atoms with E-state index >= 15 is 0 Å². The SMILES string of the molecule is COC(=O)c1sc(N2CCC3CCCCC32)nc1Cl. The van der Waals surface area contributed by atoms with Gasteiger partial charge < -0.3 is 9.64 Å². The van der Waals surface area contributed by atoms with Gasteiger partial charge in [-0.3, -0.25) is 0 Å². The lowest BCUT2D eigenvalue weighted by molar-refractivity contribution is 0.0606. The largest absolute Gasteiger partial charge is 0.465 e. The molecule has 2 unspecified atom stereocenters. The third-order valence-corrected chi connectivity index (χ3v) is 5.66. The van der Waals surface area contributed by atoms with Crippen molar-refractivity contribution in [2.24, 2.45) is 5.92 Å². The third-order valence-electron chi connectivity index (χ3n) is 4.20. The molecule has 1 saturated carbocycles. The van der Waals surface area contributed by atoms with E-state index in [-0.39, 0.29) is 5.15 Å². The first-order chi connectivity index (χ1) is 9.20. The second-order valence-corrected chi connectivity index (χ2v) is 6.54. The van der Waals surface area contributed by atoms with Gasteiger partial charge in [0.25, 0.3) is 0 Å². The first kappa shape index (κ1) is 13.2. The van der Waals surface area contributed by atoms with Gasteiger partial charge in [-0.1, -0.05) is 35.8 Å². The number of aromatic nitrogens is 1. The van der Waals surface area contributed by atoms with E-state index < -0.39 is 5.97 Å². The topological polar surface area (TPSA) is 42.4 Å². The number of ether oxygens (including phenoxy) is 1. The lowest BCUT2D eigenvalue weighted by Crippen LogP contribution is -2.34. The molecule has 0 N–H and O–H groups in total. The van der Waals surface area contributed by atoms with Crippen LogP contribution in [-0.4, -0.2) is 30.6 Å². The number of fused-ring (bicyclic) bond motifs is 1. The Morgan fingerprint density at radius 1 is 1.42 bits per heavy atom. The van der Waals surface area contributed by atoms with Gasteiger partial charge in [-0.25, -0.2) is 9.78 Å². The number of methoxy groups -OCH3 is 1. The first-order valence-electron chi connectivity index (χ1n) is 6.72. The molecule has 1 aliphatic heterocycles. The van der Waals surface area contributed by atoms with Crippen LogP contribution in [0.5, 0.6) is 0 Å². The quantitative estimate of drug-likeness (QED) is 0.786. The van der Waals surface area contributed by atoms with E-state index in [1.165, 1.54) is 50.6 Å². The molecule has 6 heteroatoms. The molecule has 2 fully saturated rings. The van der Waals surface area contributed by atoms with Gasteiger partial charge in [0.05, 0.1) is 7.11 Å². The fourth-order valence-electron chi connectivity index (χ4n) is 3.28. The monoisotopic (exact) mass is 300 g/mol. The molecule has 1 aliphatic carbocycles. The van der Waals surface area contributed by atoms with Gasteiger partial charge in [-0.05, 0) is 25.2 Å². The highest BCUT2D eigenvalue weighted by atomic mass is 35.5. The maximum absolute atomic E-state index is 11.6. The fraction of sp³-hybridized carbons (Fsp3) is 0.692. The maximum atomic E-state index is 11.6. The Bertz CT molecular complexity index is 491. The molecule has 1 aromatic heterocycles. The molecule has 2 aliphatic rings. The van der Waals surface area contributed by atoms with Crippen LogP contribution >= 0.6 is 22.9 Å². The van der Waals surface area contributed by atoms with Crippen LogP contribution in [0, 0.1) is 5.92 Å². The number of carbonyl (C=O) groups is 1. The molecule has 104 valence electrons. The predicted octanol–water partition coefficient (Wildman–Crippen LogP) is 3.35. The standard InChI is InChI=1S/C13H17ClN2O2S/c1-18-12(17)10-11(14)15-13(19-10)16-7-6-8-4-2-3-5-9(8)16/h8-9H,2-7H2,1H3. The normalized spacial score (nSPS) is 26.3. The Kier molecular flexibility index (Phi) is 3.67. The average Bonchev–Trinajstić information content (AvgIpc) is 3.01. The summed E-state index contributed by atoms with van der Waals surface area (Å²) in [5, 5.41) is 1.14. The van der Waals surface area contributed by atoms with Crippen molar-refractivity contribution in [1.29, 1.82) is 0 Å². The zero-order chi connectivity index (χ0) is 13.4. The summed E-state index contributed by atoms with van der Waals surface area (Å²) in [6, 6.07) is 0.585. The molecule has 2 atom stereocenters. The van der Waals surface area contributed by atoms with E-state index in [9.17, 15) is 4.79 Å². The van der Waals surface area contributed by atoms with Crippen molar-refractivity contribution in [2.75, 3.05) is 18.6 Å². The Labute approximate surface area is 121 Å². The molecule has 4 nitrogen and oxygen atoms in total. The summed E-state index contributed by atoms with van der Waals surface area (Å²) in [4.78, 5) is 18.7. The zero-order valence-electron chi connectivity index (χ0n) is 10.9. The Hall–Kier alpha value is -0.810. The summed E-state index contributed by atoms with van der Waals surface area (Å²) in [6.45, 7) is 1.03. The summed E-state index contributed by atoms with van der Waals surface area (Å²) in [5.74, 6) is 0.395. The number of nitrogens with zero attached hydrogens (tertiary/aromatic N) is 2. The molecule has 0 aromatic carbocycles. The molecule has 3 rings (SSSR count). The molecule has 0 spiro atoms. The van der Waals surface area contributed by atoms with Crippen molar-refractivity contribution in [2.45, 2.75) is 38.1 Å². The number of halogens is 1. The van der Waals surface area contributed by atoms with Gasteiger partial charge in [-0.2, -0.15) is 0 Å².